The highest BCUT2D eigenvalue weighted by molar-refractivity contribution is 6.33. The van der Waals surface area contributed by atoms with Gasteiger partial charge in [-0.25, -0.2) is 0 Å². The Kier molecular flexibility index (Phi) is 4.62. The summed E-state index contributed by atoms with van der Waals surface area (Å²) in [4.78, 5) is 22.7. The minimum atomic E-state index is -0.616. The second-order valence-electron chi connectivity index (χ2n) is 5.04. The number of nitrogens with two attached hydrogens (primary N) is 2. The van der Waals surface area contributed by atoms with Gasteiger partial charge in [0, 0.05) is 6.42 Å². The largest absolute Gasteiger partial charge is 0.464 e. The zero-order valence-electron chi connectivity index (χ0n) is 11.0. The summed E-state index contributed by atoms with van der Waals surface area (Å²) >= 11 is 5.86. The molecule has 108 valence electrons. The van der Waals surface area contributed by atoms with E-state index in [2.05, 4.69) is 0 Å². The Hall–Kier alpha value is -1.59. The summed E-state index contributed by atoms with van der Waals surface area (Å²) in [5.74, 6) is -0.363. The molecule has 0 bridgehead atoms. The zero-order valence-corrected chi connectivity index (χ0v) is 11.7. The first-order valence-electron chi connectivity index (χ1n) is 6.48. The fourth-order valence-electron chi connectivity index (χ4n) is 1.86. The fourth-order valence-corrected chi connectivity index (χ4v) is 2.07. The van der Waals surface area contributed by atoms with Gasteiger partial charge in [0.2, 0.25) is 5.91 Å². The third-order valence-corrected chi connectivity index (χ3v) is 3.59. The molecule has 0 aliphatic heterocycles. The summed E-state index contributed by atoms with van der Waals surface area (Å²) in [5.41, 5.74) is 12.0. The number of benzene rings is 1. The van der Waals surface area contributed by atoms with Gasteiger partial charge < -0.3 is 16.2 Å². The number of hydrogen-bond acceptors (Lipinski definition) is 4. The van der Waals surface area contributed by atoms with Crippen molar-refractivity contribution in [3.63, 3.8) is 0 Å². The van der Waals surface area contributed by atoms with Gasteiger partial charge in [0.15, 0.2) is 0 Å². The molecule has 1 fully saturated rings. The second kappa shape index (κ2) is 6.24. The first-order chi connectivity index (χ1) is 9.47. The molecule has 1 aliphatic carbocycles. The van der Waals surface area contributed by atoms with Gasteiger partial charge in [0.25, 0.3) is 0 Å². The average Bonchev–Trinajstić information content (AvgIpc) is 3.20. The molecule has 1 atom stereocenters. The van der Waals surface area contributed by atoms with E-state index in [0.29, 0.717) is 17.9 Å². The van der Waals surface area contributed by atoms with E-state index in [1.165, 1.54) is 6.07 Å². The molecule has 0 unspecified atom stereocenters. The van der Waals surface area contributed by atoms with Crippen molar-refractivity contribution in [2.45, 2.75) is 25.3 Å². The zero-order chi connectivity index (χ0) is 14.7. The van der Waals surface area contributed by atoms with Crippen molar-refractivity contribution in [3.8, 4) is 0 Å². The van der Waals surface area contributed by atoms with Gasteiger partial charge in [-0.05, 0) is 36.5 Å². The molecule has 1 aromatic rings. The molecule has 0 radical (unpaired) electrons. The molecule has 1 aliphatic rings. The topological polar surface area (TPSA) is 95.4 Å². The van der Waals surface area contributed by atoms with E-state index in [4.69, 9.17) is 27.8 Å². The Morgan fingerprint density at radius 3 is 2.70 bits per heavy atom. The molecule has 5 nitrogen and oxygen atoms in total. The lowest BCUT2D eigenvalue weighted by Crippen LogP contribution is -2.21. The lowest BCUT2D eigenvalue weighted by atomic mass is 10.0. The second-order valence-corrected chi connectivity index (χ2v) is 5.45. The first-order valence-corrected chi connectivity index (χ1v) is 6.85. The van der Waals surface area contributed by atoms with Gasteiger partial charge in [-0.2, -0.15) is 0 Å². The van der Waals surface area contributed by atoms with Crippen LogP contribution >= 0.6 is 11.6 Å². The van der Waals surface area contributed by atoms with E-state index in [9.17, 15) is 9.59 Å². The predicted molar refractivity (Wildman–Crippen MR) is 75.2 cm³/mol. The molecule has 1 aromatic carbocycles. The molecular weight excluding hydrogens is 280 g/mol. The number of carbonyl (C=O) groups excluding carboxylic acids is 2. The van der Waals surface area contributed by atoms with Crippen molar-refractivity contribution >= 4 is 23.5 Å². The van der Waals surface area contributed by atoms with Crippen LogP contribution in [0, 0.1) is 5.92 Å². The molecule has 4 N–H and O–H groups in total. The molecule has 6 heteroatoms. The molecule has 0 spiro atoms. The van der Waals surface area contributed by atoms with Crippen molar-refractivity contribution < 1.29 is 14.3 Å². The third-order valence-electron chi connectivity index (χ3n) is 3.26. The van der Waals surface area contributed by atoms with Crippen LogP contribution < -0.4 is 11.5 Å². The van der Waals surface area contributed by atoms with Gasteiger partial charge in [0.1, 0.15) is 6.61 Å². The lowest BCUT2D eigenvalue weighted by Gasteiger charge is -2.14. The number of hydrogen-bond donors (Lipinski definition) is 2. The first kappa shape index (κ1) is 14.8. The van der Waals surface area contributed by atoms with Gasteiger partial charge in [-0.3, -0.25) is 9.59 Å². The summed E-state index contributed by atoms with van der Waals surface area (Å²) in [7, 11) is 0. The SMILES string of the molecule is NC(=O)c1cc([C@H](N)COC(=O)CC2CC2)ccc1Cl. The van der Waals surface area contributed by atoms with E-state index < -0.39 is 11.9 Å². The van der Waals surface area contributed by atoms with Gasteiger partial charge >= 0.3 is 5.97 Å². The molecule has 0 heterocycles. The quantitative estimate of drug-likeness (QED) is 0.782. The van der Waals surface area contributed by atoms with E-state index in [1.807, 2.05) is 0 Å². The van der Waals surface area contributed by atoms with Crippen LogP contribution in [0.25, 0.3) is 0 Å². The monoisotopic (exact) mass is 296 g/mol. The summed E-state index contributed by atoms with van der Waals surface area (Å²) in [6.07, 6.45) is 2.65. The molecule has 2 rings (SSSR count). The molecular formula is C14H17ClN2O3. The maximum Gasteiger partial charge on any atom is 0.306 e. The summed E-state index contributed by atoms with van der Waals surface area (Å²) < 4.78 is 5.13. The Bertz CT molecular complexity index is 529. The van der Waals surface area contributed by atoms with Crippen LogP contribution in [0.3, 0.4) is 0 Å². The normalized spacial score (nSPS) is 15.7. The van der Waals surface area contributed by atoms with Crippen LogP contribution in [0.15, 0.2) is 18.2 Å². The van der Waals surface area contributed by atoms with Crippen molar-refractivity contribution in [2.75, 3.05) is 6.61 Å². The molecule has 1 saturated carbocycles. The summed E-state index contributed by atoms with van der Waals surface area (Å²) in [6.45, 7) is 0.0748. The van der Waals surface area contributed by atoms with Crippen LogP contribution in [0.2, 0.25) is 5.02 Å². The Balaban J connectivity index is 1.94. The van der Waals surface area contributed by atoms with Crippen LogP contribution in [0.5, 0.6) is 0 Å². The molecule has 20 heavy (non-hydrogen) atoms. The lowest BCUT2D eigenvalue weighted by molar-refractivity contribution is -0.144. The summed E-state index contributed by atoms with van der Waals surface area (Å²) in [5, 5.41) is 0.277. The van der Waals surface area contributed by atoms with Crippen LogP contribution in [0.1, 0.15) is 41.2 Å². The Labute approximate surface area is 122 Å². The van der Waals surface area contributed by atoms with Crippen LogP contribution in [0.4, 0.5) is 0 Å². The smallest absolute Gasteiger partial charge is 0.306 e. The summed E-state index contributed by atoms with van der Waals surface area (Å²) in [6, 6.07) is 4.27. The van der Waals surface area contributed by atoms with Crippen LogP contribution in [-0.4, -0.2) is 18.5 Å². The van der Waals surface area contributed by atoms with Crippen molar-refractivity contribution in [3.05, 3.63) is 34.3 Å². The van der Waals surface area contributed by atoms with Gasteiger partial charge in [-0.15, -0.1) is 0 Å². The van der Waals surface area contributed by atoms with E-state index in [0.717, 1.165) is 12.8 Å². The number of primary amides is 1. The Morgan fingerprint density at radius 2 is 2.10 bits per heavy atom. The maximum absolute atomic E-state index is 11.5. The highest BCUT2D eigenvalue weighted by Gasteiger charge is 2.25. The number of carbonyl (C=O) groups is 2. The molecule has 0 aromatic heterocycles. The molecule has 0 saturated heterocycles. The number of ether oxygens (including phenoxy) is 1. The number of amides is 1. The maximum atomic E-state index is 11.5. The Morgan fingerprint density at radius 1 is 1.40 bits per heavy atom. The minimum Gasteiger partial charge on any atom is -0.464 e. The minimum absolute atomic E-state index is 0.0748. The van der Waals surface area contributed by atoms with Crippen molar-refractivity contribution in [1.82, 2.24) is 0 Å². The number of esters is 1. The van der Waals surface area contributed by atoms with Crippen molar-refractivity contribution in [1.29, 1.82) is 0 Å². The molecule has 1 amide bonds. The average molecular weight is 297 g/mol. The highest BCUT2D eigenvalue weighted by atomic mass is 35.5. The van der Waals surface area contributed by atoms with Gasteiger partial charge in [-0.1, -0.05) is 17.7 Å². The van der Waals surface area contributed by atoms with E-state index in [1.54, 1.807) is 12.1 Å². The number of halogens is 1. The predicted octanol–water partition coefficient (Wildman–Crippen LogP) is 1.78. The van der Waals surface area contributed by atoms with Gasteiger partial charge in [0.05, 0.1) is 16.6 Å². The standard InChI is InChI=1S/C14H17ClN2O3/c15-11-4-3-9(6-10(11)14(17)19)12(16)7-20-13(18)5-8-1-2-8/h3-4,6,8,12H,1-2,5,7,16H2,(H2,17,19)/t12-/m1/s1. The number of rotatable bonds is 6. The fraction of sp³-hybridized carbons (Fsp3) is 0.429. The third kappa shape index (κ3) is 3.95. The van der Waals surface area contributed by atoms with E-state index >= 15 is 0 Å². The van der Waals surface area contributed by atoms with Crippen molar-refractivity contribution in [2.24, 2.45) is 17.4 Å². The highest BCUT2D eigenvalue weighted by Crippen LogP contribution is 2.32. The van der Waals surface area contributed by atoms with Crippen LogP contribution in [-0.2, 0) is 9.53 Å². The van der Waals surface area contributed by atoms with E-state index in [-0.39, 0.29) is 23.2 Å².